The topological polar surface area (TPSA) is 3.24 Å². The predicted molar refractivity (Wildman–Crippen MR) is 82.5 cm³/mol. The fourth-order valence-electron chi connectivity index (χ4n) is 3.16. The average molecular weight is 251 g/mol. The third kappa shape index (κ3) is 1.68. The minimum absolute atomic E-state index is 0.0647. The summed E-state index contributed by atoms with van der Waals surface area (Å²) in [6.45, 7) is 9.00. The Kier molecular flexibility index (Phi) is 2.50. The van der Waals surface area contributed by atoms with E-state index in [1.165, 1.54) is 33.6 Å². The highest BCUT2D eigenvalue weighted by molar-refractivity contribution is 5.77. The molecule has 0 N–H and O–H groups in total. The Labute approximate surface area is 115 Å². The Morgan fingerprint density at radius 3 is 1.63 bits per heavy atom. The normalized spacial score (nSPS) is 15.9. The van der Waals surface area contributed by atoms with Gasteiger partial charge < -0.3 is 4.90 Å². The van der Waals surface area contributed by atoms with Crippen molar-refractivity contribution in [3.8, 4) is 0 Å². The maximum absolute atomic E-state index is 2.33. The van der Waals surface area contributed by atoms with Gasteiger partial charge in [-0.3, -0.25) is 0 Å². The molecule has 2 aromatic rings. The third-order valence-corrected chi connectivity index (χ3v) is 4.37. The largest absolute Gasteiger partial charge is 0.344 e. The summed E-state index contributed by atoms with van der Waals surface area (Å²) in [5, 5.41) is 0. The van der Waals surface area contributed by atoms with Crippen molar-refractivity contribution in [2.45, 2.75) is 33.1 Å². The molecule has 2 aromatic carbocycles. The summed E-state index contributed by atoms with van der Waals surface area (Å²) in [6.07, 6.45) is 0. The van der Waals surface area contributed by atoms with Crippen LogP contribution in [-0.2, 0) is 5.41 Å². The van der Waals surface area contributed by atoms with Gasteiger partial charge in [-0.2, -0.15) is 0 Å². The number of hydrogen-bond acceptors (Lipinski definition) is 1. The first-order valence-electron chi connectivity index (χ1n) is 6.87. The molecule has 0 fully saturated rings. The van der Waals surface area contributed by atoms with Crippen LogP contribution in [0, 0.1) is 13.8 Å². The van der Waals surface area contributed by atoms with Gasteiger partial charge in [-0.15, -0.1) is 0 Å². The van der Waals surface area contributed by atoms with Crippen molar-refractivity contribution in [3.63, 3.8) is 0 Å². The fraction of sp³-hybridized carbons (Fsp3) is 0.333. The van der Waals surface area contributed by atoms with Crippen molar-refractivity contribution in [1.29, 1.82) is 0 Å². The quantitative estimate of drug-likeness (QED) is 0.655. The molecule has 98 valence electrons. The van der Waals surface area contributed by atoms with E-state index in [2.05, 4.69) is 76.0 Å². The highest BCUT2D eigenvalue weighted by Crippen LogP contribution is 2.48. The molecule has 0 unspecified atom stereocenters. The molecule has 0 saturated heterocycles. The van der Waals surface area contributed by atoms with Crippen LogP contribution in [0.25, 0.3) is 0 Å². The van der Waals surface area contributed by atoms with Gasteiger partial charge in [-0.25, -0.2) is 0 Å². The molecular formula is C18H21N. The van der Waals surface area contributed by atoms with E-state index in [1.807, 2.05) is 0 Å². The number of benzene rings is 2. The molecule has 0 bridgehead atoms. The zero-order valence-electron chi connectivity index (χ0n) is 12.4. The van der Waals surface area contributed by atoms with E-state index in [0.717, 1.165) is 0 Å². The second kappa shape index (κ2) is 3.86. The standard InChI is InChI=1S/C18H21N/c1-12-6-8-16-14(10-12)18(3,4)15-11-13(2)7-9-17(15)19(16)5/h6-11H,1-5H3. The predicted octanol–water partition coefficient (Wildman–Crippen LogP) is 4.71. The summed E-state index contributed by atoms with van der Waals surface area (Å²) in [7, 11) is 2.16. The van der Waals surface area contributed by atoms with Gasteiger partial charge in [-0.1, -0.05) is 49.2 Å². The van der Waals surface area contributed by atoms with Gasteiger partial charge in [0, 0.05) is 23.8 Å². The molecule has 0 amide bonds. The average Bonchev–Trinajstić information content (AvgIpc) is 2.36. The zero-order chi connectivity index (χ0) is 13.8. The van der Waals surface area contributed by atoms with Gasteiger partial charge in [0.2, 0.25) is 0 Å². The number of aryl methyl sites for hydroxylation is 2. The lowest BCUT2D eigenvalue weighted by Gasteiger charge is -2.40. The minimum atomic E-state index is 0.0647. The van der Waals surface area contributed by atoms with E-state index < -0.39 is 0 Å². The molecule has 1 aliphatic rings. The highest BCUT2D eigenvalue weighted by Gasteiger charge is 2.34. The number of anilines is 2. The minimum Gasteiger partial charge on any atom is -0.344 e. The van der Waals surface area contributed by atoms with Crippen LogP contribution < -0.4 is 4.90 Å². The highest BCUT2D eigenvalue weighted by atomic mass is 15.1. The van der Waals surface area contributed by atoms with E-state index in [-0.39, 0.29) is 5.41 Å². The number of rotatable bonds is 0. The number of fused-ring (bicyclic) bond motifs is 2. The van der Waals surface area contributed by atoms with E-state index in [4.69, 9.17) is 0 Å². The van der Waals surface area contributed by atoms with Gasteiger partial charge in [0.05, 0.1) is 0 Å². The van der Waals surface area contributed by atoms with Crippen molar-refractivity contribution < 1.29 is 0 Å². The van der Waals surface area contributed by atoms with Crippen molar-refractivity contribution in [2.75, 3.05) is 11.9 Å². The van der Waals surface area contributed by atoms with Gasteiger partial charge in [0.1, 0.15) is 0 Å². The first-order valence-corrected chi connectivity index (χ1v) is 6.87. The van der Waals surface area contributed by atoms with E-state index in [0.29, 0.717) is 0 Å². The van der Waals surface area contributed by atoms with Crippen LogP contribution in [-0.4, -0.2) is 7.05 Å². The Morgan fingerprint density at radius 1 is 0.789 bits per heavy atom. The number of nitrogens with zero attached hydrogens (tertiary/aromatic N) is 1. The molecule has 0 radical (unpaired) electrons. The monoisotopic (exact) mass is 251 g/mol. The van der Waals surface area contributed by atoms with Gasteiger partial charge in [0.25, 0.3) is 0 Å². The lowest BCUT2D eigenvalue weighted by atomic mass is 9.73. The molecule has 1 heteroatoms. The molecule has 0 saturated carbocycles. The van der Waals surface area contributed by atoms with E-state index in [1.54, 1.807) is 0 Å². The van der Waals surface area contributed by atoms with E-state index >= 15 is 0 Å². The Hall–Kier alpha value is -1.76. The molecule has 1 aliphatic heterocycles. The van der Waals surface area contributed by atoms with Crippen LogP contribution in [0.2, 0.25) is 0 Å². The summed E-state index contributed by atoms with van der Waals surface area (Å²) in [4.78, 5) is 2.31. The SMILES string of the molecule is Cc1ccc2c(c1)C(C)(C)c1cc(C)ccc1N2C. The third-order valence-electron chi connectivity index (χ3n) is 4.37. The van der Waals surface area contributed by atoms with Crippen LogP contribution in [0.5, 0.6) is 0 Å². The van der Waals surface area contributed by atoms with Crippen LogP contribution in [0.1, 0.15) is 36.1 Å². The summed E-state index contributed by atoms with van der Waals surface area (Å²) >= 11 is 0. The van der Waals surface area contributed by atoms with Crippen molar-refractivity contribution in [1.82, 2.24) is 0 Å². The first kappa shape index (κ1) is 12.3. The molecule has 0 aliphatic carbocycles. The van der Waals surface area contributed by atoms with Crippen LogP contribution in [0.15, 0.2) is 36.4 Å². The van der Waals surface area contributed by atoms with Crippen molar-refractivity contribution >= 4 is 11.4 Å². The smallest absolute Gasteiger partial charge is 0.0449 e. The molecule has 3 rings (SSSR count). The Bertz CT molecular complexity index is 597. The van der Waals surface area contributed by atoms with Gasteiger partial charge in [0.15, 0.2) is 0 Å². The van der Waals surface area contributed by atoms with Gasteiger partial charge in [-0.05, 0) is 37.1 Å². The van der Waals surface area contributed by atoms with Gasteiger partial charge >= 0.3 is 0 Å². The van der Waals surface area contributed by atoms with Crippen LogP contribution in [0.4, 0.5) is 11.4 Å². The summed E-state index contributed by atoms with van der Waals surface area (Å²) in [5.74, 6) is 0. The molecular weight excluding hydrogens is 230 g/mol. The molecule has 19 heavy (non-hydrogen) atoms. The Morgan fingerprint density at radius 2 is 1.21 bits per heavy atom. The summed E-state index contributed by atoms with van der Waals surface area (Å²) in [5.41, 5.74) is 8.22. The molecule has 0 atom stereocenters. The molecule has 1 heterocycles. The maximum Gasteiger partial charge on any atom is 0.0449 e. The lowest BCUT2D eigenvalue weighted by Crippen LogP contribution is -2.31. The van der Waals surface area contributed by atoms with E-state index in [9.17, 15) is 0 Å². The Balaban J connectivity index is 2.33. The maximum atomic E-state index is 2.33. The summed E-state index contributed by atoms with van der Waals surface area (Å²) in [6, 6.07) is 13.5. The fourth-order valence-corrected chi connectivity index (χ4v) is 3.16. The zero-order valence-corrected chi connectivity index (χ0v) is 12.4. The second-order valence-electron chi connectivity index (χ2n) is 6.23. The molecule has 0 aromatic heterocycles. The second-order valence-corrected chi connectivity index (χ2v) is 6.23. The van der Waals surface area contributed by atoms with Crippen LogP contribution in [0.3, 0.4) is 0 Å². The summed E-state index contributed by atoms with van der Waals surface area (Å²) < 4.78 is 0. The van der Waals surface area contributed by atoms with Crippen molar-refractivity contribution in [3.05, 3.63) is 58.7 Å². The first-order chi connectivity index (χ1) is 8.91. The van der Waals surface area contributed by atoms with Crippen molar-refractivity contribution in [2.24, 2.45) is 0 Å². The molecule has 0 spiro atoms. The number of hydrogen-bond donors (Lipinski definition) is 0. The lowest BCUT2D eigenvalue weighted by molar-refractivity contribution is 0.628. The molecule has 1 nitrogen and oxygen atoms in total. The van der Waals surface area contributed by atoms with Crippen LogP contribution >= 0.6 is 0 Å².